The molecule has 0 saturated carbocycles. The van der Waals surface area contributed by atoms with Crippen LogP contribution in [0.2, 0.25) is 0 Å². The highest BCUT2D eigenvalue weighted by Gasteiger charge is 2.21. The standard InChI is InChI=1S/C42H25N3S/c1-3-15-28-26(11-1)13-9-19-30(28)34-25-35(31-20-10-14-27-12-2-4-16-29(27)31)44-42(43-34)45-36-21-7-5-17-32(36)40-37(45)23-24-39-41(40)33-18-6-8-22-38(33)46-39/h1-25H. The lowest BCUT2D eigenvalue weighted by Crippen LogP contribution is -2.04. The average molecular weight is 604 g/mol. The van der Waals surface area contributed by atoms with Gasteiger partial charge in [0.15, 0.2) is 0 Å². The molecule has 10 rings (SSSR count). The SMILES string of the molecule is c1ccc2c(-c3cc(-c4cccc5ccccc45)nc(-n4c5ccccc5c5c6c(ccc54)sc4ccccc46)n3)cccc2c1. The molecule has 0 atom stereocenters. The molecule has 3 nitrogen and oxygen atoms in total. The summed E-state index contributed by atoms with van der Waals surface area (Å²) in [6.45, 7) is 0. The van der Waals surface area contributed by atoms with Crippen molar-refractivity contribution < 1.29 is 0 Å². The van der Waals surface area contributed by atoms with Gasteiger partial charge in [0, 0.05) is 42.1 Å². The predicted molar refractivity (Wildman–Crippen MR) is 195 cm³/mol. The topological polar surface area (TPSA) is 30.7 Å². The summed E-state index contributed by atoms with van der Waals surface area (Å²) in [6, 6.07) is 54.1. The van der Waals surface area contributed by atoms with E-state index in [0.29, 0.717) is 5.95 Å². The maximum absolute atomic E-state index is 5.39. The Labute approximate surface area is 268 Å². The molecule has 0 fully saturated rings. The second-order valence-electron chi connectivity index (χ2n) is 11.8. The molecule has 214 valence electrons. The summed E-state index contributed by atoms with van der Waals surface area (Å²) in [7, 11) is 0. The van der Waals surface area contributed by atoms with E-state index < -0.39 is 0 Å². The van der Waals surface area contributed by atoms with E-state index in [1.807, 2.05) is 11.3 Å². The van der Waals surface area contributed by atoms with Crippen molar-refractivity contribution in [1.29, 1.82) is 0 Å². The Morgan fingerprint density at radius 2 is 0.978 bits per heavy atom. The molecule has 0 N–H and O–H groups in total. The fourth-order valence-electron chi connectivity index (χ4n) is 7.20. The monoisotopic (exact) mass is 603 g/mol. The predicted octanol–water partition coefficient (Wildman–Crippen LogP) is 11.6. The largest absolute Gasteiger partial charge is 0.278 e. The number of fused-ring (bicyclic) bond motifs is 9. The van der Waals surface area contributed by atoms with Crippen LogP contribution in [0.15, 0.2) is 152 Å². The maximum Gasteiger partial charge on any atom is 0.235 e. The van der Waals surface area contributed by atoms with Crippen molar-refractivity contribution in [3.05, 3.63) is 152 Å². The van der Waals surface area contributed by atoms with Crippen molar-refractivity contribution in [2.75, 3.05) is 0 Å². The van der Waals surface area contributed by atoms with Gasteiger partial charge in [-0.25, -0.2) is 9.97 Å². The molecule has 46 heavy (non-hydrogen) atoms. The molecule has 0 unspecified atom stereocenters. The van der Waals surface area contributed by atoms with E-state index in [1.165, 1.54) is 52.5 Å². The van der Waals surface area contributed by atoms with Gasteiger partial charge in [0.05, 0.1) is 22.4 Å². The molecule has 0 bridgehead atoms. The van der Waals surface area contributed by atoms with Crippen molar-refractivity contribution in [2.45, 2.75) is 0 Å². The number of nitrogens with zero attached hydrogens (tertiary/aromatic N) is 3. The molecule has 0 saturated heterocycles. The lowest BCUT2D eigenvalue weighted by Gasteiger charge is -2.14. The van der Waals surface area contributed by atoms with Crippen LogP contribution in [0.5, 0.6) is 0 Å². The van der Waals surface area contributed by atoms with Crippen LogP contribution in [0.4, 0.5) is 0 Å². The highest BCUT2D eigenvalue weighted by molar-refractivity contribution is 7.26. The molecule has 3 aromatic heterocycles. The summed E-state index contributed by atoms with van der Waals surface area (Å²) < 4.78 is 4.85. The second kappa shape index (κ2) is 9.83. The molecule has 0 radical (unpaired) electrons. The van der Waals surface area contributed by atoms with Gasteiger partial charge >= 0.3 is 0 Å². The zero-order valence-corrected chi connectivity index (χ0v) is 25.5. The van der Waals surface area contributed by atoms with Gasteiger partial charge in [-0.3, -0.25) is 4.57 Å². The van der Waals surface area contributed by atoms with Gasteiger partial charge in [-0.1, -0.05) is 121 Å². The van der Waals surface area contributed by atoms with E-state index in [4.69, 9.17) is 9.97 Å². The molecule has 10 aromatic rings. The Bertz CT molecular complexity index is 2710. The summed E-state index contributed by atoms with van der Waals surface area (Å²) in [5, 5.41) is 9.77. The van der Waals surface area contributed by atoms with Crippen LogP contribution in [0, 0.1) is 0 Å². The Kier molecular flexibility index (Phi) is 5.45. The first kappa shape index (κ1) is 25.5. The summed E-state index contributed by atoms with van der Waals surface area (Å²) in [6.07, 6.45) is 0. The van der Waals surface area contributed by atoms with Gasteiger partial charge in [0.25, 0.3) is 0 Å². The lowest BCUT2D eigenvalue weighted by atomic mass is 9.99. The van der Waals surface area contributed by atoms with Crippen LogP contribution in [-0.4, -0.2) is 14.5 Å². The van der Waals surface area contributed by atoms with Crippen LogP contribution in [0.25, 0.3) is 92.0 Å². The minimum absolute atomic E-state index is 0.665. The van der Waals surface area contributed by atoms with E-state index >= 15 is 0 Å². The minimum Gasteiger partial charge on any atom is -0.278 e. The van der Waals surface area contributed by atoms with Crippen LogP contribution in [0.3, 0.4) is 0 Å². The van der Waals surface area contributed by atoms with Crippen molar-refractivity contribution in [3.8, 4) is 28.5 Å². The van der Waals surface area contributed by atoms with Gasteiger partial charge in [0.1, 0.15) is 0 Å². The Morgan fingerprint density at radius 1 is 0.413 bits per heavy atom. The molecule has 0 aliphatic rings. The van der Waals surface area contributed by atoms with Crippen LogP contribution in [-0.2, 0) is 0 Å². The Hall–Kier alpha value is -5.84. The van der Waals surface area contributed by atoms with E-state index in [-0.39, 0.29) is 0 Å². The number of hydrogen-bond donors (Lipinski definition) is 0. The summed E-state index contributed by atoms with van der Waals surface area (Å²) in [5.41, 5.74) is 6.19. The first-order valence-corrected chi connectivity index (χ1v) is 16.3. The summed E-state index contributed by atoms with van der Waals surface area (Å²) in [5.74, 6) is 0.665. The van der Waals surface area contributed by atoms with Crippen molar-refractivity contribution in [3.63, 3.8) is 0 Å². The van der Waals surface area contributed by atoms with Crippen molar-refractivity contribution in [2.24, 2.45) is 0 Å². The molecule has 0 aliphatic carbocycles. The van der Waals surface area contributed by atoms with Crippen LogP contribution < -0.4 is 0 Å². The third-order valence-electron chi connectivity index (χ3n) is 9.22. The normalized spacial score (nSPS) is 11.9. The first-order chi connectivity index (χ1) is 22.8. The zero-order chi connectivity index (χ0) is 30.2. The fourth-order valence-corrected chi connectivity index (χ4v) is 8.31. The number of benzene rings is 7. The number of para-hydroxylation sites is 1. The van der Waals surface area contributed by atoms with Gasteiger partial charge in [-0.2, -0.15) is 0 Å². The van der Waals surface area contributed by atoms with Crippen LogP contribution >= 0.6 is 11.3 Å². The Morgan fingerprint density at radius 3 is 1.67 bits per heavy atom. The maximum atomic E-state index is 5.39. The lowest BCUT2D eigenvalue weighted by molar-refractivity contribution is 0.997. The van der Waals surface area contributed by atoms with E-state index in [2.05, 4.69) is 156 Å². The number of aromatic nitrogens is 3. The summed E-state index contributed by atoms with van der Waals surface area (Å²) >= 11 is 1.85. The quantitative estimate of drug-likeness (QED) is 0.201. The fraction of sp³-hybridized carbons (Fsp3) is 0. The molecule has 0 aliphatic heterocycles. The molecular formula is C42H25N3S. The van der Waals surface area contributed by atoms with E-state index in [9.17, 15) is 0 Å². The smallest absolute Gasteiger partial charge is 0.235 e. The Balaban J connectivity index is 1.34. The van der Waals surface area contributed by atoms with Gasteiger partial charge in [-0.05, 0) is 51.9 Å². The number of thiophene rings is 1. The molecule has 3 heterocycles. The molecular weight excluding hydrogens is 579 g/mol. The third-order valence-corrected chi connectivity index (χ3v) is 10.4. The van der Waals surface area contributed by atoms with Gasteiger partial charge < -0.3 is 0 Å². The van der Waals surface area contributed by atoms with E-state index in [1.54, 1.807) is 0 Å². The average Bonchev–Trinajstić information content (AvgIpc) is 3.66. The number of rotatable bonds is 3. The highest BCUT2D eigenvalue weighted by atomic mass is 32.1. The van der Waals surface area contributed by atoms with Crippen LogP contribution in [0.1, 0.15) is 0 Å². The number of hydrogen-bond acceptors (Lipinski definition) is 3. The molecule has 0 amide bonds. The highest BCUT2D eigenvalue weighted by Crippen LogP contribution is 2.43. The first-order valence-electron chi connectivity index (χ1n) is 15.5. The molecule has 4 heteroatoms. The zero-order valence-electron chi connectivity index (χ0n) is 24.7. The minimum atomic E-state index is 0.665. The van der Waals surface area contributed by atoms with Crippen molar-refractivity contribution in [1.82, 2.24) is 14.5 Å². The summed E-state index contributed by atoms with van der Waals surface area (Å²) in [4.78, 5) is 10.8. The van der Waals surface area contributed by atoms with Gasteiger partial charge in [0.2, 0.25) is 5.95 Å². The van der Waals surface area contributed by atoms with E-state index in [0.717, 1.165) is 33.5 Å². The molecule has 7 aromatic carbocycles. The second-order valence-corrected chi connectivity index (χ2v) is 12.9. The van der Waals surface area contributed by atoms with Crippen molar-refractivity contribution >= 4 is 74.9 Å². The van der Waals surface area contributed by atoms with Gasteiger partial charge in [-0.15, -0.1) is 11.3 Å². The molecule has 0 spiro atoms. The third kappa shape index (κ3) is 3.71.